The van der Waals surface area contributed by atoms with E-state index in [2.05, 4.69) is 0 Å². The third kappa shape index (κ3) is 4.86. The normalized spacial score (nSPS) is 12.3. The summed E-state index contributed by atoms with van der Waals surface area (Å²) in [6.45, 7) is 3.56. The molecule has 0 fully saturated rings. The third-order valence-electron chi connectivity index (χ3n) is 5.12. The Labute approximate surface area is 181 Å². The van der Waals surface area contributed by atoms with E-state index in [0.29, 0.717) is 18.4 Å². The minimum atomic E-state index is -4.07. The highest BCUT2D eigenvalue weighted by atomic mass is 32.2. The fraction of sp³-hybridized carbons (Fsp3) is 0.217. The van der Waals surface area contributed by atoms with Gasteiger partial charge in [-0.1, -0.05) is 48.0 Å². The number of aromatic hydroxyl groups is 1. The summed E-state index contributed by atoms with van der Waals surface area (Å²) in [7, 11) is -4.07. The molecule has 0 aliphatic heterocycles. The number of rotatable bonds is 8. The number of hydrogen-bond donors (Lipinski definition) is 1. The number of anilines is 1. The Morgan fingerprint density at radius 3 is 2.26 bits per heavy atom. The van der Waals surface area contributed by atoms with Crippen LogP contribution in [0.15, 0.2) is 77.7 Å². The maximum Gasteiger partial charge on any atom is 0.293 e. The van der Waals surface area contributed by atoms with Gasteiger partial charge < -0.3 is 5.11 Å². The molecule has 1 atom stereocenters. The van der Waals surface area contributed by atoms with Gasteiger partial charge in [0.05, 0.1) is 9.82 Å². The number of sulfonamides is 1. The van der Waals surface area contributed by atoms with Gasteiger partial charge in [0.25, 0.3) is 15.7 Å². The van der Waals surface area contributed by atoms with E-state index in [9.17, 15) is 23.6 Å². The van der Waals surface area contributed by atoms with Crippen molar-refractivity contribution in [3.8, 4) is 5.75 Å². The third-order valence-corrected chi connectivity index (χ3v) is 7.06. The van der Waals surface area contributed by atoms with Crippen LogP contribution >= 0.6 is 0 Å². The lowest BCUT2D eigenvalue weighted by molar-refractivity contribution is -0.384. The number of nitro benzene ring substituents is 1. The molecule has 7 nitrogen and oxygen atoms in total. The molecule has 3 aromatic carbocycles. The minimum absolute atomic E-state index is 0.0119. The van der Waals surface area contributed by atoms with Crippen LogP contribution < -0.4 is 4.31 Å². The molecule has 0 radical (unpaired) electrons. The van der Waals surface area contributed by atoms with Gasteiger partial charge in [-0.3, -0.25) is 14.4 Å². The van der Waals surface area contributed by atoms with Gasteiger partial charge in [-0.05, 0) is 56.5 Å². The SMILES string of the molecule is Cc1ccc(S(=O)(=O)N(c2ccccc2[N+](=O)[O-])[C@@H](C)CCc2ccccc2O)cc1. The Morgan fingerprint density at radius 1 is 1.00 bits per heavy atom. The zero-order valence-electron chi connectivity index (χ0n) is 17.3. The Morgan fingerprint density at radius 2 is 1.61 bits per heavy atom. The molecule has 0 heterocycles. The van der Waals surface area contributed by atoms with Crippen LogP contribution in [0.5, 0.6) is 5.75 Å². The molecular weight excluding hydrogens is 416 g/mol. The van der Waals surface area contributed by atoms with Crippen LogP contribution in [0, 0.1) is 17.0 Å². The first-order chi connectivity index (χ1) is 14.7. The average molecular weight is 441 g/mol. The van der Waals surface area contributed by atoms with Crippen molar-refractivity contribution in [3.63, 3.8) is 0 Å². The summed E-state index contributed by atoms with van der Waals surface area (Å²) in [6, 6.07) is 18.5. The van der Waals surface area contributed by atoms with E-state index < -0.39 is 21.0 Å². The summed E-state index contributed by atoms with van der Waals surface area (Å²) >= 11 is 0. The van der Waals surface area contributed by atoms with E-state index in [0.717, 1.165) is 9.87 Å². The summed E-state index contributed by atoms with van der Waals surface area (Å²) < 4.78 is 28.3. The molecule has 0 bridgehead atoms. The highest BCUT2D eigenvalue weighted by Gasteiger charge is 2.33. The standard InChI is InChI=1S/C23H24N2O5S/c1-17-11-15-20(16-12-17)31(29,30)24(21-8-4-5-9-22(21)25(27)28)18(2)13-14-19-7-3-6-10-23(19)26/h3-12,15-16,18,26H,13-14H2,1-2H3/t18-/m0/s1. The van der Waals surface area contributed by atoms with Crippen molar-refractivity contribution in [2.45, 2.75) is 37.6 Å². The Bertz CT molecular complexity index is 1180. The Kier molecular flexibility index (Phi) is 6.60. The van der Waals surface area contributed by atoms with E-state index in [-0.39, 0.29) is 22.0 Å². The molecule has 0 saturated carbocycles. The summed E-state index contributed by atoms with van der Waals surface area (Å²) in [5.74, 6) is 0.133. The molecule has 162 valence electrons. The number of aryl methyl sites for hydroxylation is 2. The molecule has 3 aromatic rings. The maximum absolute atomic E-state index is 13.6. The van der Waals surface area contributed by atoms with Crippen molar-refractivity contribution in [3.05, 3.63) is 94.0 Å². The van der Waals surface area contributed by atoms with Crippen LogP contribution in [0.2, 0.25) is 0 Å². The number of para-hydroxylation sites is 3. The molecule has 0 aliphatic carbocycles. The molecule has 1 N–H and O–H groups in total. The molecule has 0 amide bonds. The molecule has 8 heteroatoms. The highest BCUT2D eigenvalue weighted by molar-refractivity contribution is 7.92. The van der Waals surface area contributed by atoms with Crippen molar-refractivity contribution >= 4 is 21.4 Å². The first-order valence-electron chi connectivity index (χ1n) is 9.83. The maximum atomic E-state index is 13.6. The van der Waals surface area contributed by atoms with Gasteiger partial charge in [0.2, 0.25) is 0 Å². The van der Waals surface area contributed by atoms with Gasteiger partial charge >= 0.3 is 0 Å². The van der Waals surface area contributed by atoms with Gasteiger partial charge in [-0.15, -0.1) is 0 Å². The molecule has 0 unspecified atom stereocenters. The molecule has 0 saturated heterocycles. The van der Waals surface area contributed by atoms with E-state index in [1.165, 1.54) is 30.3 Å². The van der Waals surface area contributed by atoms with Gasteiger partial charge in [0.15, 0.2) is 0 Å². The second-order valence-electron chi connectivity index (χ2n) is 7.38. The van der Waals surface area contributed by atoms with E-state index in [1.807, 2.05) is 6.92 Å². The predicted molar refractivity (Wildman–Crippen MR) is 120 cm³/mol. The first kappa shape index (κ1) is 22.3. The fourth-order valence-electron chi connectivity index (χ4n) is 3.44. The number of phenolic OH excluding ortho intramolecular Hbond substituents is 1. The van der Waals surface area contributed by atoms with Crippen molar-refractivity contribution in [1.82, 2.24) is 0 Å². The van der Waals surface area contributed by atoms with Crippen LogP contribution in [0.25, 0.3) is 0 Å². The summed E-state index contributed by atoms with van der Waals surface area (Å²) in [5, 5.41) is 21.7. The summed E-state index contributed by atoms with van der Waals surface area (Å²) in [4.78, 5) is 11.1. The van der Waals surface area contributed by atoms with Gasteiger partial charge in [-0.25, -0.2) is 8.42 Å². The highest BCUT2D eigenvalue weighted by Crippen LogP contribution is 2.35. The lowest BCUT2D eigenvalue weighted by Crippen LogP contribution is -2.39. The van der Waals surface area contributed by atoms with E-state index >= 15 is 0 Å². The van der Waals surface area contributed by atoms with Crippen LogP contribution in [0.4, 0.5) is 11.4 Å². The fourth-order valence-corrected chi connectivity index (χ4v) is 5.14. The molecule has 31 heavy (non-hydrogen) atoms. The van der Waals surface area contributed by atoms with Gasteiger partial charge in [-0.2, -0.15) is 0 Å². The van der Waals surface area contributed by atoms with Crippen LogP contribution in [-0.2, 0) is 16.4 Å². The van der Waals surface area contributed by atoms with Gasteiger partial charge in [0.1, 0.15) is 11.4 Å². The van der Waals surface area contributed by atoms with Gasteiger partial charge in [0, 0.05) is 12.1 Å². The number of phenols is 1. The van der Waals surface area contributed by atoms with E-state index in [4.69, 9.17) is 0 Å². The number of nitro groups is 1. The quantitative estimate of drug-likeness (QED) is 0.400. The second kappa shape index (κ2) is 9.18. The second-order valence-corrected chi connectivity index (χ2v) is 9.19. The molecule has 0 spiro atoms. The average Bonchev–Trinajstić information content (AvgIpc) is 2.73. The number of hydrogen-bond acceptors (Lipinski definition) is 5. The van der Waals surface area contributed by atoms with E-state index in [1.54, 1.807) is 49.4 Å². The van der Waals surface area contributed by atoms with Crippen molar-refractivity contribution < 1.29 is 18.4 Å². The zero-order valence-corrected chi connectivity index (χ0v) is 18.1. The summed E-state index contributed by atoms with van der Waals surface area (Å²) in [5.41, 5.74) is 1.32. The van der Waals surface area contributed by atoms with Crippen LogP contribution in [0.3, 0.4) is 0 Å². The minimum Gasteiger partial charge on any atom is -0.508 e. The molecular formula is C23H24N2O5S. The number of benzene rings is 3. The van der Waals surface area contributed by atoms with Crippen LogP contribution in [-0.4, -0.2) is 24.5 Å². The zero-order chi connectivity index (χ0) is 22.6. The van der Waals surface area contributed by atoms with Crippen LogP contribution in [0.1, 0.15) is 24.5 Å². The van der Waals surface area contributed by atoms with Crippen molar-refractivity contribution in [1.29, 1.82) is 0 Å². The first-order valence-corrected chi connectivity index (χ1v) is 11.3. The van der Waals surface area contributed by atoms with Crippen molar-refractivity contribution in [2.75, 3.05) is 4.31 Å². The summed E-state index contributed by atoms with van der Waals surface area (Å²) in [6.07, 6.45) is 0.767. The predicted octanol–water partition coefficient (Wildman–Crippen LogP) is 4.83. The lowest BCUT2D eigenvalue weighted by atomic mass is 10.0. The van der Waals surface area contributed by atoms with Crippen molar-refractivity contribution in [2.24, 2.45) is 0 Å². The monoisotopic (exact) mass is 440 g/mol. The topological polar surface area (TPSA) is 101 Å². The lowest BCUT2D eigenvalue weighted by Gasteiger charge is -2.30. The molecule has 0 aliphatic rings. The number of nitrogens with zero attached hydrogens (tertiary/aromatic N) is 2. The molecule has 3 rings (SSSR count). The largest absolute Gasteiger partial charge is 0.508 e. The smallest absolute Gasteiger partial charge is 0.293 e. The molecule has 0 aromatic heterocycles. The Balaban J connectivity index is 2.05. The Hall–Kier alpha value is -3.39.